The second-order valence-corrected chi connectivity index (χ2v) is 7.61. The molecular weight excluding hydrogens is 373 g/mol. The quantitative estimate of drug-likeness (QED) is 0.516. The zero-order valence-corrected chi connectivity index (χ0v) is 15.4. The second kappa shape index (κ2) is 6.75. The van der Waals surface area contributed by atoms with Crippen LogP contribution < -0.4 is 4.90 Å². The lowest BCUT2D eigenvalue weighted by Gasteiger charge is -2.25. The van der Waals surface area contributed by atoms with Crippen molar-refractivity contribution in [1.82, 2.24) is 0 Å². The number of hydrogen-bond donors (Lipinski definition) is 0. The van der Waals surface area contributed by atoms with Crippen LogP contribution in [-0.2, 0) is 0 Å². The summed E-state index contributed by atoms with van der Waals surface area (Å²) in [6.07, 6.45) is 0. The molecule has 1 aliphatic heterocycles. The van der Waals surface area contributed by atoms with E-state index in [-0.39, 0.29) is 11.3 Å². The average Bonchev–Trinajstić information content (AvgIpc) is 2.91. The molecule has 0 aliphatic carbocycles. The van der Waals surface area contributed by atoms with Gasteiger partial charge in [0.1, 0.15) is 5.37 Å². The third kappa shape index (κ3) is 3.04. The summed E-state index contributed by atoms with van der Waals surface area (Å²) < 4.78 is 0. The van der Waals surface area contributed by atoms with E-state index in [2.05, 4.69) is 0 Å². The van der Waals surface area contributed by atoms with Gasteiger partial charge < -0.3 is 0 Å². The normalized spacial score (nSPS) is 16.2. The molecule has 124 valence electrons. The van der Waals surface area contributed by atoms with Crippen molar-refractivity contribution in [1.29, 1.82) is 0 Å². The van der Waals surface area contributed by atoms with Crippen LogP contribution in [0.4, 0.5) is 5.69 Å². The lowest BCUT2D eigenvalue weighted by Crippen LogP contribution is -2.26. The molecule has 0 fully saturated rings. The molecule has 4 rings (SSSR count). The topological polar surface area (TPSA) is 20.3 Å². The third-order valence-corrected chi connectivity index (χ3v) is 6.05. The SMILES string of the molecule is O=C1c2ccccc2C(Sc2ccccc2)N1c1ccc(Cl)c(Cl)c1. The van der Waals surface area contributed by atoms with Gasteiger partial charge in [-0.2, -0.15) is 0 Å². The first kappa shape index (κ1) is 16.5. The van der Waals surface area contributed by atoms with E-state index >= 15 is 0 Å². The highest BCUT2D eigenvalue weighted by molar-refractivity contribution is 7.99. The third-order valence-electron chi connectivity index (χ3n) is 4.08. The van der Waals surface area contributed by atoms with Crippen LogP contribution in [0, 0.1) is 0 Å². The van der Waals surface area contributed by atoms with Crippen molar-refractivity contribution < 1.29 is 4.79 Å². The van der Waals surface area contributed by atoms with Crippen molar-refractivity contribution in [2.24, 2.45) is 0 Å². The molecule has 0 bridgehead atoms. The first-order valence-electron chi connectivity index (χ1n) is 7.74. The van der Waals surface area contributed by atoms with Crippen LogP contribution in [0.15, 0.2) is 77.7 Å². The molecule has 0 N–H and O–H groups in total. The summed E-state index contributed by atoms with van der Waals surface area (Å²) in [5.74, 6) is -0.0255. The van der Waals surface area contributed by atoms with Crippen LogP contribution in [-0.4, -0.2) is 5.91 Å². The Kier molecular flexibility index (Phi) is 4.46. The average molecular weight is 386 g/mol. The maximum Gasteiger partial charge on any atom is 0.259 e. The predicted octanol–water partition coefficient (Wildman–Crippen LogP) is 6.44. The van der Waals surface area contributed by atoms with Crippen LogP contribution in [0.2, 0.25) is 10.0 Å². The highest BCUT2D eigenvalue weighted by Gasteiger charge is 2.38. The van der Waals surface area contributed by atoms with E-state index < -0.39 is 0 Å². The highest BCUT2D eigenvalue weighted by Crippen LogP contribution is 2.47. The predicted molar refractivity (Wildman–Crippen MR) is 105 cm³/mol. The molecule has 1 amide bonds. The zero-order valence-electron chi connectivity index (χ0n) is 13.0. The van der Waals surface area contributed by atoms with Crippen molar-refractivity contribution >= 4 is 46.6 Å². The Morgan fingerprint density at radius 2 is 1.56 bits per heavy atom. The van der Waals surface area contributed by atoms with Gasteiger partial charge in [0, 0.05) is 16.1 Å². The second-order valence-electron chi connectivity index (χ2n) is 5.64. The summed E-state index contributed by atoms with van der Waals surface area (Å²) in [6.45, 7) is 0. The van der Waals surface area contributed by atoms with Crippen LogP contribution in [0.5, 0.6) is 0 Å². The van der Waals surface area contributed by atoms with Gasteiger partial charge in [-0.1, -0.05) is 71.4 Å². The molecule has 2 nitrogen and oxygen atoms in total. The van der Waals surface area contributed by atoms with Gasteiger partial charge >= 0.3 is 0 Å². The molecule has 1 unspecified atom stereocenters. The lowest BCUT2D eigenvalue weighted by atomic mass is 10.1. The molecule has 0 saturated heterocycles. The minimum atomic E-state index is -0.150. The Morgan fingerprint density at radius 1 is 0.840 bits per heavy atom. The number of halogens is 2. The zero-order chi connectivity index (χ0) is 17.4. The van der Waals surface area contributed by atoms with E-state index in [0.29, 0.717) is 10.0 Å². The van der Waals surface area contributed by atoms with Gasteiger partial charge in [0.25, 0.3) is 5.91 Å². The summed E-state index contributed by atoms with van der Waals surface area (Å²) in [5, 5.41) is 0.761. The number of hydrogen-bond acceptors (Lipinski definition) is 2. The summed E-state index contributed by atoms with van der Waals surface area (Å²) in [4.78, 5) is 15.9. The standard InChI is InChI=1S/C20H13Cl2NOS/c21-17-11-10-13(12-18(17)22)23-19(24)15-8-4-5-9-16(15)20(23)25-14-6-2-1-3-7-14/h1-12,20H. The molecule has 1 aliphatic rings. The number of rotatable bonds is 3. The molecule has 1 atom stereocenters. The molecular formula is C20H13Cl2NOS. The van der Waals surface area contributed by atoms with E-state index in [0.717, 1.165) is 21.7 Å². The van der Waals surface area contributed by atoms with E-state index in [9.17, 15) is 4.79 Å². The highest BCUT2D eigenvalue weighted by atomic mass is 35.5. The Bertz CT molecular complexity index is 945. The largest absolute Gasteiger partial charge is 0.291 e. The van der Waals surface area contributed by atoms with Crippen molar-refractivity contribution in [2.45, 2.75) is 10.3 Å². The lowest BCUT2D eigenvalue weighted by molar-refractivity contribution is 0.0996. The molecule has 25 heavy (non-hydrogen) atoms. The summed E-state index contributed by atoms with van der Waals surface area (Å²) in [5.41, 5.74) is 2.47. The van der Waals surface area contributed by atoms with Gasteiger partial charge in [-0.25, -0.2) is 0 Å². The monoisotopic (exact) mass is 385 g/mol. The molecule has 3 aromatic carbocycles. The molecule has 0 saturated carbocycles. The smallest absolute Gasteiger partial charge is 0.259 e. The van der Waals surface area contributed by atoms with Crippen LogP contribution >= 0.6 is 35.0 Å². The van der Waals surface area contributed by atoms with Crippen LogP contribution in [0.3, 0.4) is 0 Å². The van der Waals surface area contributed by atoms with Gasteiger partial charge in [0.2, 0.25) is 0 Å². The Labute approximate surface area is 160 Å². The van der Waals surface area contributed by atoms with Crippen molar-refractivity contribution in [2.75, 3.05) is 4.90 Å². The van der Waals surface area contributed by atoms with Gasteiger partial charge in [0.15, 0.2) is 0 Å². The molecule has 0 spiro atoms. The fourth-order valence-corrected chi connectivity index (χ4v) is 4.43. The first-order chi connectivity index (χ1) is 12.1. The number of anilines is 1. The minimum absolute atomic E-state index is 0.0255. The number of fused-ring (bicyclic) bond motifs is 1. The summed E-state index contributed by atoms with van der Waals surface area (Å²) in [7, 11) is 0. The number of amides is 1. The number of nitrogens with zero attached hydrogens (tertiary/aromatic N) is 1. The van der Waals surface area contributed by atoms with Gasteiger partial charge in [-0.05, 0) is 42.0 Å². The summed E-state index contributed by atoms with van der Waals surface area (Å²) >= 11 is 13.9. The summed E-state index contributed by atoms with van der Waals surface area (Å²) in [6, 6.07) is 23.1. The van der Waals surface area contributed by atoms with Gasteiger partial charge in [-0.15, -0.1) is 0 Å². The van der Waals surface area contributed by atoms with Crippen LogP contribution in [0.25, 0.3) is 0 Å². The number of carbonyl (C=O) groups excluding carboxylic acids is 1. The fraction of sp³-hybridized carbons (Fsp3) is 0.0500. The number of carbonyl (C=O) groups is 1. The molecule has 0 radical (unpaired) electrons. The first-order valence-corrected chi connectivity index (χ1v) is 9.38. The van der Waals surface area contributed by atoms with Gasteiger partial charge in [0.05, 0.1) is 10.0 Å². The maximum absolute atomic E-state index is 13.0. The van der Waals surface area contributed by atoms with Crippen molar-refractivity contribution in [3.05, 3.63) is 94.0 Å². The number of thioether (sulfide) groups is 1. The Hall–Kier alpha value is -1.94. The van der Waals surface area contributed by atoms with E-state index in [1.807, 2.05) is 60.7 Å². The van der Waals surface area contributed by atoms with E-state index in [4.69, 9.17) is 23.2 Å². The van der Waals surface area contributed by atoms with E-state index in [1.54, 1.807) is 28.8 Å². The van der Waals surface area contributed by atoms with Crippen LogP contribution in [0.1, 0.15) is 21.3 Å². The fourth-order valence-electron chi connectivity index (χ4n) is 2.91. The molecule has 1 heterocycles. The maximum atomic E-state index is 13.0. The Balaban J connectivity index is 1.80. The molecule has 3 aromatic rings. The molecule has 0 aromatic heterocycles. The van der Waals surface area contributed by atoms with E-state index in [1.165, 1.54) is 0 Å². The minimum Gasteiger partial charge on any atom is -0.291 e. The van der Waals surface area contributed by atoms with Gasteiger partial charge in [-0.3, -0.25) is 9.69 Å². The molecule has 5 heteroatoms. The van der Waals surface area contributed by atoms with Crippen molar-refractivity contribution in [3.8, 4) is 0 Å². The van der Waals surface area contributed by atoms with Crippen molar-refractivity contribution in [3.63, 3.8) is 0 Å². The number of benzene rings is 3. The Morgan fingerprint density at radius 3 is 2.32 bits per heavy atom.